The van der Waals surface area contributed by atoms with Gasteiger partial charge in [0.1, 0.15) is 12.7 Å². The van der Waals surface area contributed by atoms with Crippen LogP contribution in [0.4, 0.5) is 0 Å². The van der Waals surface area contributed by atoms with Gasteiger partial charge >= 0.3 is 0 Å². The van der Waals surface area contributed by atoms with Crippen molar-refractivity contribution in [2.45, 2.75) is 64.5 Å². The summed E-state index contributed by atoms with van der Waals surface area (Å²) in [7, 11) is 0. The second kappa shape index (κ2) is 6.52. The zero-order valence-electron chi connectivity index (χ0n) is 15.9. The lowest BCUT2D eigenvalue weighted by molar-refractivity contribution is -0.130. The Morgan fingerprint density at radius 1 is 1.31 bits per heavy atom. The van der Waals surface area contributed by atoms with Gasteiger partial charge in [0.25, 0.3) is 0 Å². The van der Waals surface area contributed by atoms with Gasteiger partial charge < -0.3 is 4.90 Å². The van der Waals surface area contributed by atoms with E-state index in [1.807, 2.05) is 0 Å². The smallest absolute Gasteiger partial charge is 0.222 e. The summed E-state index contributed by atoms with van der Waals surface area (Å²) in [4.78, 5) is 18.6. The second-order valence-corrected chi connectivity index (χ2v) is 8.62. The van der Waals surface area contributed by atoms with Crippen molar-refractivity contribution in [3.63, 3.8) is 0 Å². The quantitative estimate of drug-likeness (QED) is 0.842. The van der Waals surface area contributed by atoms with E-state index in [9.17, 15) is 4.79 Å². The van der Waals surface area contributed by atoms with Crippen molar-refractivity contribution in [1.82, 2.24) is 29.4 Å². The minimum atomic E-state index is 0.00229. The van der Waals surface area contributed by atoms with E-state index in [2.05, 4.69) is 46.6 Å². The third-order valence-corrected chi connectivity index (χ3v) is 5.68. The average Bonchev–Trinajstić information content (AvgIpc) is 3.31. The number of likely N-dealkylation sites (tertiary alicyclic amines) is 1. The van der Waals surface area contributed by atoms with Crippen LogP contribution in [-0.4, -0.2) is 48.4 Å². The first kappa shape index (κ1) is 17.2. The van der Waals surface area contributed by atoms with Crippen LogP contribution in [0.1, 0.15) is 57.2 Å². The standard InChI is InChI=1S/C19H28N6O/c1-19(2,3)25-10-15-7-6-14-9-23(11-16(14)18(15)22-25)17(26)5-4-8-24-13-20-12-21-24/h10,12-14,16H,4-9,11H2,1-3H3/t14-,16+/m1/s1. The van der Waals surface area contributed by atoms with Gasteiger partial charge in [-0.2, -0.15) is 10.2 Å². The fourth-order valence-corrected chi connectivity index (χ4v) is 4.19. The van der Waals surface area contributed by atoms with Crippen molar-refractivity contribution in [1.29, 1.82) is 0 Å². The van der Waals surface area contributed by atoms with Crippen LogP contribution in [0.2, 0.25) is 0 Å². The number of carbonyl (C=O) groups is 1. The normalized spacial score (nSPS) is 22.3. The number of nitrogens with zero attached hydrogens (tertiary/aromatic N) is 6. The van der Waals surface area contributed by atoms with Crippen LogP contribution in [0.3, 0.4) is 0 Å². The van der Waals surface area contributed by atoms with Gasteiger partial charge in [0, 0.05) is 38.2 Å². The Hall–Kier alpha value is -2.18. The summed E-state index contributed by atoms with van der Waals surface area (Å²) in [5.74, 6) is 1.23. The number of hydrogen-bond donors (Lipinski definition) is 0. The molecule has 2 aromatic heterocycles. The zero-order chi connectivity index (χ0) is 18.3. The van der Waals surface area contributed by atoms with Crippen LogP contribution in [0.5, 0.6) is 0 Å². The second-order valence-electron chi connectivity index (χ2n) is 8.62. The summed E-state index contributed by atoms with van der Waals surface area (Å²) in [6.45, 7) is 9.00. The Morgan fingerprint density at radius 2 is 2.15 bits per heavy atom. The maximum absolute atomic E-state index is 12.6. The fraction of sp³-hybridized carbons (Fsp3) is 0.684. The molecule has 0 N–H and O–H groups in total. The van der Waals surface area contributed by atoms with Crippen molar-refractivity contribution < 1.29 is 4.79 Å². The first-order valence-electron chi connectivity index (χ1n) is 9.61. The van der Waals surface area contributed by atoms with Crippen LogP contribution in [-0.2, 0) is 23.3 Å². The average molecular weight is 356 g/mol. The number of hydrogen-bond acceptors (Lipinski definition) is 4. The lowest BCUT2D eigenvalue weighted by Gasteiger charge is -2.22. The van der Waals surface area contributed by atoms with E-state index in [0.29, 0.717) is 18.3 Å². The summed E-state index contributed by atoms with van der Waals surface area (Å²) >= 11 is 0. The molecule has 0 bridgehead atoms. The molecule has 0 saturated carbocycles. The molecule has 2 atom stereocenters. The minimum absolute atomic E-state index is 0.00229. The molecule has 1 amide bonds. The van der Waals surface area contributed by atoms with Gasteiger partial charge in [-0.25, -0.2) is 4.98 Å². The SMILES string of the molecule is CC(C)(C)n1cc2c(n1)[C@H]1CN(C(=O)CCCn3cncn3)C[C@H]1CC2. The molecule has 4 rings (SSSR count). The Bertz CT molecular complexity index is 773. The van der Waals surface area contributed by atoms with E-state index in [1.54, 1.807) is 11.0 Å². The van der Waals surface area contributed by atoms with Gasteiger partial charge in [-0.1, -0.05) is 0 Å². The number of rotatable bonds is 4. The van der Waals surface area contributed by atoms with E-state index in [0.717, 1.165) is 38.9 Å². The van der Waals surface area contributed by atoms with E-state index < -0.39 is 0 Å². The maximum atomic E-state index is 12.6. The number of fused-ring (bicyclic) bond motifs is 3. The van der Waals surface area contributed by atoms with Gasteiger partial charge in [0.05, 0.1) is 11.2 Å². The van der Waals surface area contributed by atoms with Crippen molar-refractivity contribution in [2.24, 2.45) is 5.92 Å². The Labute approximate surface area is 154 Å². The van der Waals surface area contributed by atoms with E-state index in [4.69, 9.17) is 5.10 Å². The van der Waals surface area contributed by atoms with E-state index in [-0.39, 0.29) is 11.4 Å². The highest BCUT2D eigenvalue weighted by atomic mass is 16.2. The minimum Gasteiger partial charge on any atom is -0.342 e. The molecule has 0 unspecified atom stereocenters. The fourth-order valence-electron chi connectivity index (χ4n) is 4.19. The first-order valence-corrected chi connectivity index (χ1v) is 9.61. The van der Waals surface area contributed by atoms with Crippen molar-refractivity contribution >= 4 is 5.91 Å². The molecule has 1 saturated heterocycles. The summed E-state index contributed by atoms with van der Waals surface area (Å²) in [6.07, 6.45) is 9.06. The maximum Gasteiger partial charge on any atom is 0.222 e. The lowest BCUT2D eigenvalue weighted by Crippen LogP contribution is -2.29. The highest BCUT2D eigenvalue weighted by molar-refractivity contribution is 5.76. The predicted molar refractivity (Wildman–Crippen MR) is 97.6 cm³/mol. The molecule has 3 heterocycles. The van der Waals surface area contributed by atoms with Crippen LogP contribution in [0.25, 0.3) is 0 Å². The Balaban J connectivity index is 1.39. The number of amides is 1. The Morgan fingerprint density at radius 3 is 2.88 bits per heavy atom. The highest BCUT2D eigenvalue weighted by Gasteiger charge is 2.41. The monoisotopic (exact) mass is 356 g/mol. The molecule has 1 fully saturated rings. The van der Waals surface area contributed by atoms with E-state index >= 15 is 0 Å². The Kier molecular flexibility index (Phi) is 4.32. The van der Waals surface area contributed by atoms with Gasteiger partial charge in [0.15, 0.2) is 0 Å². The third kappa shape index (κ3) is 3.27. The summed E-state index contributed by atoms with van der Waals surface area (Å²) < 4.78 is 3.88. The van der Waals surface area contributed by atoms with Crippen LogP contribution < -0.4 is 0 Å². The molecule has 0 radical (unpaired) electrons. The summed E-state index contributed by atoms with van der Waals surface area (Å²) in [6, 6.07) is 0. The zero-order valence-corrected chi connectivity index (χ0v) is 15.9. The molecule has 2 aliphatic rings. The molecule has 26 heavy (non-hydrogen) atoms. The topological polar surface area (TPSA) is 68.8 Å². The van der Waals surface area contributed by atoms with Gasteiger partial charge in [0.2, 0.25) is 5.91 Å². The van der Waals surface area contributed by atoms with Crippen LogP contribution in [0, 0.1) is 5.92 Å². The first-order chi connectivity index (χ1) is 12.4. The van der Waals surface area contributed by atoms with Gasteiger partial charge in [-0.15, -0.1) is 0 Å². The number of carbonyl (C=O) groups excluding carboxylic acids is 1. The molecule has 140 valence electrons. The molecular weight excluding hydrogens is 328 g/mol. The lowest BCUT2D eigenvalue weighted by atomic mass is 9.81. The predicted octanol–water partition coefficient (Wildman–Crippen LogP) is 2.20. The van der Waals surface area contributed by atoms with Crippen molar-refractivity contribution in [3.05, 3.63) is 30.1 Å². The van der Waals surface area contributed by atoms with Gasteiger partial charge in [-0.05, 0) is 51.5 Å². The molecular formula is C19H28N6O. The largest absolute Gasteiger partial charge is 0.342 e. The van der Waals surface area contributed by atoms with E-state index in [1.165, 1.54) is 17.6 Å². The molecule has 0 aromatic carbocycles. The molecule has 7 nitrogen and oxygen atoms in total. The summed E-state index contributed by atoms with van der Waals surface area (Å²) in [5, 5.41) is 9.00. The van der Waals surface area contributed by atoms with Crippen molar-refractivity contribution in [2.75, 3.05) is 13.1 Å². The third-order valence-electron chi connectivity index (χ3n) is 5.68. The number of aryl methyl sites for hydroxylation is 2. The molecule has 0 spiro atoms. The van der Waals surface area contributed by atoms with Crippen LogP contribution >= 0.6 is 0 Å². The molecule has 2 aromatic rings. The van der Waals surface area contributed by atoms with Gasteiger partial charge in [-0.3, -0.25) is 14.2 Å². The van der Waals surface area contributed by atoms with Crippen molar-refractivity contribution in [3.8, 4) is 0 Å². The number of aromatic nitrogens is 5. The van der Waals surface area contributed by atoms with Crippen LogP contribution in [0.15, 0.2) is 18.9 Å². The highest BCUT2D eigenvalue weighted by Crippen LogP contribution is 2.41. The summed E-state index contributed by atoms with van der Waals surface area (Å²) in [5.41, 5.74) is 2.61. The molecule has 7 heteroatoms. The molecule has 1 aliphatic heterocycles. The molecule has 1 aliphatic carbocycles.